The van der Waals surface area contributed by atoms with E-state index in [0.29, 0.717) is 0 Å². The third kappa shape index (κ3) is 4.67. The molecule has 1 aliphatic rings. The highest BCUT2D eigenvalue weighted by molar-refractivity contribution is 5.71. The fourth-order valence-electron chi connectivity index (χ4n) is 2.58. The van der Waals surface area contributed by atoms with Gasteiger partial charge >= 0.3 is 12.1 Å². The first-order valence-corrected chi connectivity index (χ1v) is 6.53. The van der Waals surface area contributed by atoms with Crippen LogP contribution in [0.15, 0.2) is 0 Å². The Morgan fingerprint density at radius 1 is 1.37 bits per heavy atom. The molecule has 0 spiro atoms. The monoisotopic (exact) mass is 281 g/mol. The number of carboxylic acids is 1. The molecule has 0 heterocycles. The van der Waals surface area contributed by atoms with Crippen LogP contribution in [0.5, 0.6) is 0 Å². The van der Waals surface area contributed by atoms with Crippen molar-refractivity contribution >= 4 is 5.97 Å². The standard InChI is InChI=1S/C13H22F3NO2/c1-12(2)6-4-9(5-7-12)17(3)8-10(11(18)19)13(14,15)16/h9-10H,4-8H2,1-3H3,(H,18,19). The van der Waals surface area contributed by atoms with E-state index in [1.165, 1.54) is 0 Å². The molecule has 112 valence electrons. The van der Waals surface area contributed by atoms with Crippen molar-refractivity contribution < 1.29 is 23.1 Å². The number of alkyl halides is 3. The molecule has 1 aliphatic carbocycles. The molecule has 0 bridgehead atoms. The van der Waals surface area contributed by atoms with E-state index in [1.807, 2.05) is 0 Å². The first-order valence-electron chi connectivity index (χ1n) is 6.53. The molecule has 1 saturated carbocycles. The molecule has 0 radical (unpaired) electrons. The van der Waals surface area contributed by atoms with Crippen LogP contribution in [-0.4, -0.2) is 41.8 Å². The van der Waals surface area contributed by atoms with E-state index in [0.717, 1.165) is 25.7 Å². The summed E-state index contributed by atoms with van der Waals surface area (Å²) in [6.45, 7) is 3.84. The van der Waals surface area contributed by atoms with E-state index in [-0.39, 0.29) is 11.5 Å². The van der Waals surface area contributed by atoms with Crippen molar-refractivity contribution in [1.29, 1.82) is 0 Å². The van der Waals surface area contributed by atoms with E-state index in [1.54, 1.807) is 11.9 Å². The maximum absolute atomic E-state index is 12.6. The molecule has 6 heteroatoms. The molecule has 0 aromatic carbocycles. The molecule has 1 fully saturated rings. The lowest BCUT2D eigenvalue weighted by molar-refractivity contribution is -0.197. The normalized spacial score (nSPS) is 22.5. The predicted molar refractivity (Wildman–Crippen MR) is 65.8 cm³/mol. The summed E-state index contributed by atoms with van der Waals surface area (Å²) >= 11 is 0. The van der Waals surface area contributed by atoms with Gasteiger partial charge in [-0.1, -0.05) is 13.8 Å². The predicted octanol–water partition coefficient (Wildman–Crippen LogP) is 3.15. The zero-order chi connectivity index (χ0) is 14.8. The number of hydrogen-bond donors (Lipinski definition) is 1. The van der Waals surface area contributed by atoms with Gasteiger partial charge in [0.15, 0.2) is 5.92 Å². The highest BCUT2D eigenvalue weighted by atomic mass is 19.4. The fraction of sp³-hybridized carbons (Fsp3) is 0.923. The summed E-state index contributed by atoms with van der Waals surface area (Å²) in [5.41, 5.74) is 0.244. The number of halogens is 3. The largest absolute Gasteiger partial charge is 0.481 e. The molecule has 1 atom stereocenters. The van der Waals surface area contributed by atoms with Crippen LogP contribution in [0, 0.1) is 11.3 Å². The van der Waals surface area contributed by atoms with E-state index in [9.17, 15) is 18.0 Å². The number of rotatable bonds is 4. The lowest BCUT2D eigenvalue weighted by atomic mass is 9.75. The van der Waals surface area contributed by atoms with Gasteiger partial charge in [-0.2, -0.15) is 13.2 Å². The molecule has 0 aliphatic heterocycles. The summed E-state index contributed by atoms with van der Waals surface area (Å²) in [7, 11) is 1.59. The van der Waals surface area contributed by atoms with Crippen LogP contribution in [0.1, 0.15) is 39.5 Å². The highest BCUT2D eigenvalue weighted by Gasteiger charge is 2.46. The van der Waals surface area contributed by atoms with E-state index in [2.05, 4.69) is 13.8 Å². The summed E-state index contributed by atoms with van der Waals surface area (Å²) in [5.74, 6) is -4.09. The lowest BCUT2D eigenvalue weighted by Gasteiger charge is -2.39. The highest BCUT2D eigenvalue weighted by Crippen LogP contribution is 2.37. The van der Waals surface area contributed by atoms with Gasteiger partial charge in [0.2, 0.25) is 0 Å². The van der Waals surface area contributed by atoms with Crippen molar-refractivity contribution in [2.75, 3.05) is 13.6 Å². The summed E-state index contributed by atoms with van der Waals surface area (Å²) < 4.78 is 37.8. The minimum Gasteiger partial charge on any atom is -0.481 e. The Morgan fingerprint density at radius 2 is 1.84 bits per heavy atom. The van der Waals surface area contributed by atoms with Crippen LogP contribution in [-0.2, 0) is 4.79 Å². The van der Waals surface area contributed by atoms with Crippen molar-refractivity contribution in [3.05, 3.63) is 0 Å². The van der Waals surface area contributed by atoms with Crippen LogP contribution >= 0.6 is 0 Å². The third-order valence-corrected chi connectivity index (χ3v) is 4.10. The van der Waals surface area contributed by atoms with Crippen LogP contribution in [0.4, 0.5) is 13.2 Å². The van der Waals surface area contributed by atoms with Gasteiger partial charge in [0, 0.05) is 12.6 Å². The number of carbonyl (C=O) groups is 1. The molecule has 1 N–H and O–H groups in total. The summed E-state index contributed by atoms with van der Waals surface area (Å²) in [6, 6.07) is 0.0530. The van der Waals surface area contributed by atoms with Gasteiger partial charge in [0.1, 0.15) is 0 Å². The Balaban J connectivity index is 2.59. The molecule has 1 rings (SSSR count). The van der Waals surface area contributed by atoms with Gasteiger partial charge < -0.3 is 10.0 Å². The van der Waals surface area contributed by atoms with E-state index in [4.69, 9.17) is 5.11 Å². The van der Waals surface area contributed by atoms with Crippen molar-refractivity contribution in [2.45, 2.75) is 51.7 Å². The zero-order valence-corrected chi connectivity index (χ0v) is 11.6. The molecule has 3 nitrogen and oxygen atoms in total. The van der Waals surface area contributed by atoms with Gasteiger partial charge in [0.25, 0.3) is 0 Å². The molecule has 19 heavy (non-hydrogen) atoms. The maximum Gasteiger partial charge on any atom is 0.403 e. The Bertz CT molecular complexity index is 318. The van der Waals surface area contributed by atoms with E-state index < -0.39 is 24.6 Å². The lowest BCUT2D eigenvalue weighted by Crippen LogP contribution is -2.45. The fourth-order valence-corrected chi connectivity index (χ4v) is 2.58. The Kier molecular flexibility index (Phi) is 4.87. The smallest absolute Gasteiger partial charge is 0.403 e. The van der Waals surface area contributed by atoms with Crippen molar-refractivity contribution in [1.82, 2.24) is 4.90 Å². The average Bonchev–Trinajstić information content (AvgIpc) is 2.23. The molecular formula is C13H22F3NO2. The van der Waals surface area contributed by atoms with Crippen LogP contribution < -0.4 is 0 Å². The minimum absolute atomic E-state index is 0.0530. The second-order valence-corrected chi connectivity index (χ2v) is 6.27. The van der Waals surface area contributed by atoms with E-state index >= 15 is 0 Å². The minimum atomic E-state index is -4.69. The van der Waals surface area contributed by atoms with Gasteiger partial charge in [-0.15, -0.1) is 0 Å². The number of nitrogens with zero attached hydrogens (tertiary/aromatic N) is 1. The van der Waals surface area contributed by atoms with Gasteiger partial charge in [0.05, 0.1) is 0 Å². The number of aliphatic carboxylic acids is 1. The summed E-state index contributed by atoms with van der Waals surface area (Å²) in [6.07, 6.45) is -1.10. The Morgan fingerprint density at radius 3 is 2.21 bits per heavy atom. The topological polar surface area (TPSA) is 40.5 Å². The average molecular weight is 281 g/mol. The second-order valence-electron chi connectivity index (χ2n) is 6.27. The van der Waals surface area contributed by atoms with Crippen molar-refractivity contribution in [2.24, 2.45) is 11.3 Å². The maximum atomic E-state index is 12.6. The molecule has 0 amide bonds. The summed E-state index contributed by atoms with van der Waals surface area (Å²) in [4.78, 5) is 12.3. The molecule has 0 aromatic heterocycles. The van der Waals surface area contributed by atoms with Gasteiger partial charge in [-0.3, -0.25) is 4.79 Å². The third-order valence-electron chi connectivity index (χ3n) is 4.10. The molecule has 1 unspecified atom stereocenters. The molecular weight excluding hydrogens is 259 g/mol. The van der Waals surface area contributed by atoms with Crippen LogP contribution in [0.3, 0.4) is 0 Å². The SMILES string of the molecule is CN(CC(C(=O)O)C(F)(F)F)C1CCC(C)(C)CC1. The van der Waals surface area contributed by atoms with Crippen LogP contribution in [0.25, 0.3) is 0 Å². The first kappa shape index (κ1) is 16.3. The molecule has 0 aromatic rings. The molecule has 0 saturated heterocycles. The summed E-state index contributed by atoms with van der Waals surface area (Å²) in [5, 5.41) is 8.69. The quantitative estimate of drug-likeness (QED) is 0.860. The number of carboxylic acid groups (broad SMARTS) is 1. The van der Waals surface area contributed by atoms with Crippen molar-refractivity contribution in [3.63, 3.8) is 0 Å². The van der Waals surface area contributed by atoms with Crippen LogP contribution in [0.2, 0.25) is 0 Å². The first-order chi connectivity index (χ1) is 8.53. The zero-order valence-electron chi connectivity index (χ0n) is 11.6. The number of hydrogen-bond acceptors (Lipinski definition) is 2. The Labute approximate surface area is 111 Å². The van der Waals surface area contributed by atoms with Gasteiger partial charge in [-0.25, -0.2) is 0 Å². The van der Waals surface area contributed by atoms with Gasteiger partial charge in [-0.05, 0) is 38.1 Å². The van der Waals surface area contributed by atoms with Crippen molar-refractivity contribution in [3.8, 4) is 0 Å². The second kappa shape index (κ2) is 5.69. The Hall–Kier alpha value is -0.780.